The van der Waals surface area contributed by atoms with Crippen LogP contribution in [0.2, 0.25) is 0 Å². The largest absolute Gasteiger partial charge is 0.325 e. The summed E-state index contributed by atoms with van der Waals surface area (Å²) < 4.78 is 25.5. The van der Waals surface area contributed by atoms with E-state index in [1.54, 1.807) is 0 Å². The summed E-state index contributed by atoms with van der Waals surface area (Å²) >= 11 is 0. The Morgan fingerprint density at radius 1 is 1.29 bits per heavy atom. The van der Waals surface area contributed by atoms with Crippen molar-refractivity contribution in [1.29, 1.82) is 0 Å². The smallest absolute Gasteiger partial charge is 0.238 e. The molecule has 7 nitrogen and oxygen atoms in total. The van der Waals surface area contributed by atoms with Gasteiger partial charge in [0.05, 0.1) is 29.8 Å². The Labute approximate surface area is 166 Å². The third-order valence-corrected chi connectivity index (χ3v) is 7.04. The fourth-order valence-corrected chi connectivity index (χ4v) is 5.42. The minimum absolute atomic E-state index is 0.0682. The van der Waals surface area contributed by atoms with Crippen molar-refractivity contribution in [3.63, 3.8) is 0 Å². The van der Waals surface area contributed by atoms with Gasteiger partial charge < -0.3 is 5.32 Å². The van der Waals surface area contributed by atoms with E-state index in [0.29, 0.717) is 13.0 Å². The Balaban J connectivity index is 1.65. The molecule has 0 saturated carbocycles. The molecule has 0 radical (unpaired) electrons. The van der Waals surface area contributed by atoms with Gasteiger partial charge >= 0.3 is 0 Å². The Hall–Kier alpha value is -2.19. The molecule has 1 saturated heterocycles. The van der Waals surface area contributed by atoms with E-state index in [1.807, 2.05) is 61.7 Å². The average molecular weight is 405 g/mol. The second-order valence-corrected chi connectivity index (χ2v) is 9.91. The van der Waals surface area contributed by atoms with Gasteiger partial charge in [0.15, 0.2) is 9.84 Å². The molecular weight excluding hydrogens is 376 g/mol. The molecular formula is C20H28N4O3S. The lowest BCUT2D eigenvalue weighted by molar-refractivity contribution is -0.117. The van der Waals surface area contributed by atoms with Crippen molar-refractivity contribution in [3.05, 3.63) is 46.8 Å². The van der Waals surface area contributed by atoms with Gasteiger partial charge in [-0.3, -0.25) is 14.4 Å². The fraction of sp³-hybridized carbons (Fsp3) is 0.500. The zero-order chi connectivity index (χ0) is 20.5. The lowest BCUT2D eigenvalue weighted by Gasteiger charge is -2.18. The number of para-hydroxylation sites is 1. The number of rotatable bonds is 6. The van der Waals surface area contributed by atoms with Gasteiger partial charge in [0.2, 0.25) is 5.91 Å². The summed E-state index contributed by atoms with van der Waals surface area (Å²) in [5, 5.41) is 7.54. The van der Waals surface area contributed by atoms with Gasteiger partial charge in [0.1, 0.15) is 0 Å². The van der Waals surface area contributed by atoms with Crippen molar-refractivity contribution >= 4 is 21.4 Å². The van der Waals surface area contributed by atoms with Crippen molar-refractivity contribution in [2.45, 2.75) is 39.8 Å². The summed E-state index contributed by atoms with van der Waals surface area (Å²) in [5.41, 5.74) is 4.76. The molecule has 8 heteroatoms. The van der Waals surface area contributed by atoms with Crippen LogP contribution < -0.4 is 5.32 Å². The maximum absolute atomic E-state index is 12.4. The van der Waals surface area contributed by atoms with Crippen LogP contribution >= 0.6 is 0 Å². The van der Waals surface area contributed by atoms with Gasteiger partial charge in [-0.15, -0.1) is 0 Å². The van der Waals surface area contributed by atoms with Crippen LogP contribution in [-0.4, -0.2) is 54.1 Å². The Kier molecular flexibility index (Phi) is 5.90. The molecule has 1 fully saturated rings. The second-order valence-electron chi connectivity index (χ2n) is 7.69. The molecule has 1 amide bonds. The molecule has 1 aliphatic rings. The number of anilines is 1. The van der Waals surface area contributed by atoms with E-state index >= 15 is 0 Å². The SMILES string of the molecule is Cc1ccccc1NC(=O)CN(C)Cc1c(C)nn([C@H]2CCS(=O)(=O)C2)c1C. The summed E-state index contributed by atoms with van der Waals surface area (Å²) in [4.78, 5) is 14.3. The monoisotopic (exact) mass is 404 g/mol. The van der Waals surface area contributed by atoms with Gasteiger partial charge in [-0.2, -0.15) is 5.10 Å². The first-order chi connectivity index (χ1) is 13.2. The van der Waals surface area contributed by atoms with Crippen LogP contribution in [0.3, 0.4) is 0 Å². The van der Waals surface area contributed by atoms with Crippen LogP contribution in [0.1, 0.15) is 35.0 Å². The number of carbonyl (C=O) groups excluding carboxylic acids is 1. The van der Waals surface area contributed by atoms with Gasteiger partial charge in [-0.1, -0.05) is 18.2 Å². The van der Waals surface area contributed by atoms with E-state index in [9.17, 15) is 13.2 Å². The van der Waals surface area contributed by atoms with Crippen molar-refractivity contribution in [2.24, 2.45) is 0 Å². The highest BCUT2D eigenvalue weighted by atomic mass is 32.2. The lowest BCUT2D eigenvalue weighted by Crippen LogP contribution is -2.30. The number of aromatic nitrogens is 2. The molecule has 1 aliphatic heterocycles. The molecule has 1 N–H and O–H groups in total. The summed E-state index contributed by atoms with van der Waals surface area (Å²) in [6, 6.07) is 7.60. The summed E-state index contributed by atoms with van der Waals surface area (Å²) in [6.45, 7) is 6.71. The van der Waals surface area contributed by atoms with Gasteiger partial charge in [-0.25, -0.2) is 8.42 Å². The molecule has 152 valence electrons. The molecule has 3 rings (SSSR count). The highest BCUT2D eigenvalue weighted by Crippen LogP contribution is 2.27. The topological polar surface area (TPSA) is 84.3 Å². The predicted molar refractivity (Wildman–Crippen MR) is 110 cm³/mol. The van der Waals surface area contributed by atoms with Crippen molar-refractivity contribution < 1.29 is 13.2 Å². The molecule has 1 atom stereocenters. The zero-order valence-corrected chi connectivity index (χ0v) is 17.7. The van der Waals surface area contributed by atoms with E-state index in [0.717, 1.165) is 28.2 Å². The minimum Gasteiger partial charge on any atom is -0.325 e. The molecule has 2 heterocycles. The molecule has 0 aliphatic carbocycles. The van der Waals surface area contributed by atoms with Crippen molar-refractivity contribution in [1.82, 2.24) is 14.7 Å². The first-order valence-corrected chi connectivity index (χ1v) is 11.3. The molecule has 0 bridgehead atoms. The van der Waals surface area contributed by atoms with Gasteiger partial charge in [-0.05, 0) is 45.9 Å². The number of amides is 1. The zero-order valence-electron chi connectivity index (χ0n) is 16.9. The van der Waals surface area contributed by atoms with Crippen LogP contribution in [0.5, 0.6) is 0 Å². The number of carbonyl (C=O) groups is 1. The number of aryl methyl sites for hydroxylation is 2. The highest BCUT2D eigenvalue weighted by Gasteiger charge is 2.31. The summed E-state index contributed by atoms with van der Waals surface area (Å²) in [6.07, 6.45) is 0.610. The van der Waals surface area contributed by atoms with Crippen LogP contribution in [0.15, 0.2) is 24.3 Å². The van der Waals surface area contributed by atoms with E-state index in [1.165, 1.54) is 0 Å². The maximum atomic E-state index is 12.4. The molecule has 0 unspecified atom stereocenters. The third-order valence-electron chi connectivity index (χ3n) is 5.29. The minimum atomic E-state index is -2.96. The van der Waals surface area contributed by atoms with Crippen molar-refractivity contribution in [2.75, 3.05) is 30.4 Å². The lowest BCUT2D eigenvalue weighted by atomic mass is 10.1. The Morgan fingerprint density at radius 3 is 2.64 bits per heavy atom. The van der Waals surface area contributed by atoms with Gasteiger partial charge in [0.25, 0.3) is 0 Å². The number of hydrogen-bond acceptors (Lipinski definition) is 5. The third kappa shape index (κ3) is 4.62. The Morgan fingerprint density at radius 2 is 2.00 bits per heavy atom. The standard InChI is InChI=1S/C20H28N4O3S/c1-14-7-5-6-8-19(14)21-20(25)12-23(4)11-18-15(2)22-24(16(18)3)17-9-10-28(26,27)13-17/h5-8,17H,9-13H2,1-4H3,(H,21,25)/t17-/m0/s1. The van der Waals surface area contributed by atoms with E-state index in [4.69, 9.17) is 0 Å². The molecule has 28 heavy (non-hydrogen) atoms. The normalized spacial score (nSPS) is 18.5. The quantitative estimate of drug-likeness (QED) is 0.798. The number of benzene rings is 1. The molecule has 1 aromatic heterocycles. The fourth-order valence-electron chi connectivity index (χ4n) is 3.72. The first kappa shape index (κ1) is 20.5. The van der Waals surface area contributed by atoms with Gasteiger partial charge in [0, 0.05) is 23.5 Å². The van der Waals surface area contributed by atoms with Crippen LogP contribution in [-0.2, 0) is 21.2 Å². The maximum Gasteiger partial charge on any atom is 0.238 e. The highest BCUT2D eigenvalue weighted by molar-refractivity contribution is 7.91. The number of sulfone groups is 1. The van der Waals surface area contributed by atoms with E-state index in [-0.39, 0.29) is 30.0 Å². The first-order valence-electron chi connectivity index (χ1n) is 9.45. The van der Waals surface area contributed by atoms with Crippen molar-refractivity contribution in [3.8, 4) is 0 Å². The summed E-state index contributed by atoms with van der Waals surface area (Å²) in [7, 11) is -1.06. The molecule has 2 aromatic rings. The molecule has 0 spiro atoms. The second kappa shape index (κ2) is 8.05. The van der Waals surface area contributed by atoms with E-state index < -0.39 is 9.84 Å². The van der Waals surface area contributed by atoms with Crippen LogP contribution in [0, 0.1) is 20.8 Å². The van der Waals surface area contributed by atoms with E-state index in [2.05, 4.69) is 10.4 Å². The number of nitrogens with zero attached hydrogens (tertiary/aromatic N) is 3. The Bertz CT molecular complexity index is 981. The summed E-state index contributed by atoms with van der Waals surface area (Å²) in [5.74, 6) is 0.314. The predicted octanol–water partition coefficient (Wildman–Crippen LogP) is 2.24. The average Bonchev–Trinajstić information content (AvgIpc) is 3.10. The number of hydrogen-bond donors (Lipinski definition) is 1. The number of nitrogens with one attached hydrogen (secondary N) is 1. The van der Waals surface area contributed by atoms with Crippen LogP contribution in [0.25, 0.3) is 0 Å². The molecule has 1 aromatic carbocycles. The van der Waals surface area contributed by atoms with Crippen LogP contribution in [0.4, 0.5) is 5.69 Å². The number of likely N-dealkylation sites (N-methyl/N-ethyl adjacent to an activating group) is 1.